The summed E-state index contributed by atoms with van der Waals surface area (Å²) in [6, 6.07) is 6.13. The molecular weight excluding hydrogens is 376 g/mol. The van der Waals surface area contributed by atoms with Gasteiger partial charge in [-0.2, -0.15) is 0 Å². The Labute approximate surface area is 171 Å². The van der Waals surface area contributed by atoms with Gasteiger partial charge in [0.25, 0.3) is 5.91 Å². The van der Waals surface area contributed by atoms with Crippen LogP contribution in [0, 0.1) is 5.92 Å². The van der Waals surface area contributed by atoms with Gasteiger partial charge < -0.3 is 4.90 Å². The van der Waals surface area contributed by atoms with E-state index in [0.29, 0.717) is 10.7 Å². The Morgan fingerprint density at radius 2 is 1.54 bits per heavy atom. The smallest absolute Gasteiger partial charge is 0.257 e. The number of rotatable bonds is 4. The number of nitrogens with zero attached hydrogens (tertiary/aromatic N) is 2. The highest BCUT2D eigenvalue weighted by Crippen LogP contribution is 2.35. The molecule has 0 aromatic heterocycles. The second-order valence-electron chi connectivity index (χ2n) is 8.28. The van der Waals surface area contributed by atoms with Crippen LogP contribution in [0.5, 0.6) is 0 Å². The van der Waals surface area contributed by atoms with Crippen LogP contribution in [-0.2, 0) is 14.4 Å². The molecule has 3 fully saturated rings. The molecule has 6 heteroatoms. The van der Waals surface area contributed by atoms with Crippen molar-refractivity contribution in [1.82, 2.24) is 4.90 Å². The van der Waals surface area contributed by atoms with E-state index >= 15 is 0 Å². The zero-order valence-corrected chi connectivity index (χ0v) is 16.9. The molecule has 28 heavy (non-hydrogen) atoms. The number of imide groups is 1. The second kappa shape index (κ2) is 8.24. The number of benzene rings is 1. The van der Waals surface area contributed by atoms with Gasteiger partial charge in [0.15, 0.2) is 0 Å². The van der Waals surface area contributed by atoms with Gasteiger partial charge in [0.05, 0.1) is 12.1 Å². The highest BCUT2D eigenvalue weighted by atomic mass is 35.5. The van der Waals surface area contributed by atoms with Gasteiger partial charge in [-0.3, -0.25) is 14.4 Å². The summed E-state index contributed by atoms with van der Waals surface area (Å²) < 4.78 is 0. The van der Waals surface area contributed by atoms with Gasteiger partial charge in [-0.05, 0) is 49.9 Å². The maximum atomic E-state index is 13.4. The highest BCUT2D eigenvalue weighted by molar-refractivity contribution is 6.30. The zero-order chi connectivity index (χ0) is 19.7. The molecule has 5 nitrogen and oxygen atoms in total. The summed E-state index contributed by atoms with van der Waals surface area (Å²) in [5.41, 5.74) is 0.526. The Balaban J connectivity index is 1.60. The molecule has 1 aromatic carbocycles. The number of hydrogen-bond acceptors (Lipinski definition) is 3. The van der Waals surface area contributed by atoms with Crippen LogP contribution in [0.25, 0.3) is 0 Å². The number of anilines is 1. The third kappa shape index (κ3) is 3.69. The van der Waals surface area contributed by atoms with Gasteiger partial charge in [-0.25, -0.2) is 4.90 Å². The predicted molar refractivity (Wildman–Crippen MR) is 108 cm³/mol. The molecule has 2 aliphatic carbocycles. The first-order valence-corrected chi connectivity index (χ1v) is 10.9. The number of carbonyl (C=O) groups is 3. The Bertz CT molecular complexity index is 752. The minimum absolute atomic E-state index is 0.00170. The standard InChI is InChI=1S/C22H27ClN2O3/c23-16-10-12-18(13-11-16)25-20(26)14-19(22(25)28)24(17-8-4-5-9-17)21(27)15-6-2-1-3-7-15/h10-13,15,17,19H,1-9,14H2. The number of amides is 3. The molecular formula is C22H27ClN2O3. The van der Waals surface area contributed by atoms with Crippen molar-refractivity contribution in [3.8, 4) is 0 Å². The minimum Gasteiger partial charge on any atom is -0.327 e. The molecule has 1 aromatic rings. The largest absolute Gasteiger partial charge is 0.327 e. The van der Waals surface area contributed by atoms with Gasteiger partial charge >= 0.3 is 0 Å². The Hall–Kier alpha value is -1.88. The molecule has 3 amide bonds. The fourth-order valence-corrected chi connectivity index (χ4v) is 5.15. The molecule has 0 N–H and O–H groups in total. The van der Waals surface area contributed by atoms with Crippen molar-refractivity contribution in [1.29, 1.82) is 0 Å². The number of hydrogen-bond donors (Lipinski definition) is 0. The predicted octanol–water partition coefficient (Wildman–Crippen LogP) is 4.32. The van der Waals surface area contributed by atoms with Crippen LogP contribution >= 0.6 is 11.6 Å². The molecule has 1 atom stereocenters. The summed E-state index contributed by atoms with van der Waals surface area (Å²) in [5, 5.41) is 0.555. The SMILES string of the molecule is O=C1CC(N(C(=O)C2CCCCC2)C2CCCC2)C(=O)N1c1ccc(Cl)cc1. The maximum Gasteiger partial charge on any atom is 0.257 e. The van der Waals surface area contributed by atoms with E-state index in [2.05, 4.69) is 0 Å². The molecule has 3 aliphatic rings. The molecule has 2 saturated carbocycles. The van der Waals surface area contributed by atoms with E-state index in [9.17, 15) is 14.4 Å². The first-order chi connectivity index (χ1) is 13.6. The molecule has 0 radical (unpaired) electrons. The fourth-order valence-electron chi connectivity index (χ4n) is 5.03. The third-order valence-electron chi connectivity index (χ3n) is 6.47. The third-order valence-corrected chi connectivity index (χ3v) is 6.72. The van der Waals surface area contributed by atoms with Crippen LogP contribution in [0.3, 0.4) is 0 Å². The molecule has 1 saturated heterocycles. The van der Waals surface area contributed by atoms with Crippen molar-refractivity contribution >= 4 is 35.0 Å². The topological polar surface area (TPSA) is 57.7 Å². The maximum absolute atomic E-state index is 13.4. The average molecular weight is 403 g/mol. The summed E-state index contributed by atoms with van der Waals surface area (Å²) in [7, 11) is 0. The average Bonchev–Trinajstić information content (AvgIpc) is 3.33. The fraction of sp³-hybridized carbons (Fsp3) is 0.591. The second-order valence-corrected chi connectivity index (χ2v) is 8.72. The van der Waals surface area contributed by atoms with Gasteiger partial charge in [0.2, 0.25) is 11.8 Å². The lowest BCUT2D eigenvalue weighted by Gasteiger charge is -2.36. The van der Waals surface area contributed by atoms with Gasteiger partial charge in [0.1, 0.15) is 6.04 Å². The van der Waals surface area contributed by atoms with Crippen LogP contribution in [0.1, 0.15) is 64.2 Å². The highest BCUT2D eigenvalue weighted by Gasteiger charge is 2.47. The molecule has 1 unspecified atom stereocenters. The Kier molecular flexibility index (Phi) is 5.72. The van der Waals surface area contributed by atoms with Gasteiger partial charge in [-0.1, -0.05) is 43.7 Å². The van der Waals surface area contributed by atoms with E-state index < -0.39 is 6.04 Å². The summed E-state index contributed by atoms with van der Waals surface area (Å²) in [6.45, 7) is 0. The van der Waals surface area contributed by atoms with Crippen molar-refractivity contribution in [2.75, 3.05) is 4.90 Å². The van der Waals surface area contributed by atoms with E-state index in [1.807, 2.05) is 4.90 Å². The zero-order valence-electron chi connectivity index (χ0n) is 16.1. The van der Waals surface area contributed by atoms with Crippen molar-refractivity contribution in [2.45, 2.75) is 76.3 Å². The van der Waals surface area contributed by atoms with E-state index in [0.717, 1.165) is 51.4 Å². The first-order valence-electron chi connectivity index (χ1n) is 10.5. The summed E-state index contributed by atoms with van der Waals surface area (Å²) >= 11 is 5.94. The summed E-state index contributed by atoms with van der Waals surface area (Å²) in [6.07, 6.45) is 9.22. The number of carbonyl (C=O) groups excluding carboxylic acids is 3. The molecule has 1 aliphatic heterocycles. The molecule has 1 heterocycles. The lowest BCUT2D eigenvalue weighted by atomic mass is 9.87. The van der Waals surface area contributed by atoms with Crippen molar-refractivity contribution in [3.05, 3.63) is 29.3 Å². The van der Waals surface area contributed by atoms with Gasteiger partial charge in [-0.15, -0.1) is 0 Å². The molecule has 0 bridgehead atoms. The molecule has 4 rings (SSSR count). The normalized spacial score (nSPS) is 24.2. The molecule has 0 spiro atoms. The number of halogens is 1. The van der Waals surface area contributed by atoms with Crippen LogP contribution in [0.15, 0.2) is 24.3 Å². The lowest BCUT2D eigenvalue weighted by molar-refractivity contribution is -0.145. The van der Waals surface area contributed by atoms with Crippen molar-refractivity contribution in [3.63, 3.8) is 0 Å². The molecule has 150 valence electrons. The Morgan fingerprint density at radius 1 is 0.929 bits per heavy atom. The quantitative estimate of drug-likeness (QED) is 0.704. The first kappa shape index (κ1) is 19.4. The summed E-state index contributed by atoms with van der Waals surface area (Å²) in [5.74, 6) is -0.419. The van der Waals surface area contributed by atoms with Crippen LogP contribution < -0.4 is 4.90 Å². The minimum atomic E-state index is -0.666. The van der Waals surface area contributed by atoms with E-state index in [-0.39, 0.29) is 36.1 Å². The van der Waals surface area contributed by atoms with Gasteiger partial charge in [0, 0.05) is 17.0 Å². The lowest BCUT2D eigenvalue weighted by Crippen LogP contribution is -2.52. The van der Waals surface area contributed by atoms with E-state index in [1.165, 1.54) is 11.3 Å². The van der Waals surface area contributed by atoms with Crippen molar-refractivity contribution in [2.24, 2.45) is 5.92 Å². The van der Waals surface area contributed by atoms with Crippen LogP contribution in [0.2, 0.25) is 5.02 Å². The van der Waals surface area contributed by atoms with Crippen LogP contribution in [0.4, 0.5) is 5.69 Å². The Morgan fingerprint density at radius 3 is 2.18 bits per heavy atom. The summed E-state index contributed by atoms with van der Waals surface area (Å²) in [4.78, 5) is 42.5. The van der Waals surface area contributed by atoms with Crippen molar-refractivity contribution < 1.29 is 14.4 Å². The van der Waals surface area contributed by atoms with E-state index in [1.54, 1.807) is 24.3 Å². The van der Waals surface area contributed by atoms with Crippen LogP contribution in [-0.4, -0.2) is 34.7 Å². The monoisotopic (exact) mass is 402 g/mol. The van der Waals surface area contributed by atoms with E-state index in [4.69, 9.17) is 11.6 Å².